The van der Waals surface area contributed by atoms with Crippen LogP contribution >= 0.6 is 11.3 Å². The van der Waals surface area contributed by atoms with Crippen LogP contribution in [-0.4, -0.2) is 10.1 Å². The van der Waals surface area contributed by atoms with Crippen LogP contribution in [0, 0.1) is 0 Å². The fraction of sp³-hybridized carbons (Fsp3) is 0. The molecule has 4 rings (SSSR count). The summed E-state index contributed by atoms with van der Waals surface area (Å²) >= 11 is 1.58. The molecule has 1 N–H and O–H groups in total. The third-order valence-corrected chi connectivity index (χ3v) is 4.22. The minimum absolute atomic E-state index is 0.0667. The average Bonchev–Trinajstić information content (AvgIpc) is 2.90. The standard InChI is InChI=1S/C16H9NO3S/c18-10-4-3-9-6-12(16(19)20-13(9)7-10)15-11-2-1-5-21-14(11)8-17-15/h1-8,18H. The van der Waals surface area contributed by atoms with Crippen LogP contribution in [0.1, 0.15) is 0 Å². The molecule has 0 saturated heterocycles. The Balaban J connectivity index is 2.01. The van der Waals surface area contributed by atoms with Crippen LogP contribution < -0.4 is 5.63 Å². The lowest BCUT2D eigenvalue weighted by molar-refractivity contribution is 0.473. The molecule has 2 aromatic rings. The van der Waals surface area contributed by atoms with Gasteiger partial charge < -0.3 is 9.52 Å². The van der Waals surface area contributed by atoms with Crippen molar-refractivity contribution in [3.8, 4) is 27.4 Å². The Morgan fingerprint density at radius 1 is 1.14 bits per heavy atom. The van der Waals surface area contributed by atoms with Gasteiger partial charge in [-0.25, -0.2) is 4.79 Å². The van der Waals surface area contributed by atoms with E-state index in [0.717, 1.165) is 15.8 Å². The number of fused-ring (bicyclic) bond motifs is 2. The van der Waals surface area contributed by atoms with Gasteiger partial charge in [-0.05, 0) is 23.6 Å². The van der Waals surface area contributed by atoms with Crippen LogP contribution in [0.5, 0.6) is 5.75 Å². The Hall–Kier alpha value is -2.66. The van der Waals surface area contributed by atoms with E-state index < -0.39 is 5.63 Å². The molecule has 2 aliphatic heterocycles. The number of phenols is 1. The van der Waals surface area contributed by atoms with E-state index in [1.807, 2.05) is 17.5 Å². The molecule has 4 nitrogen and oxygen atoms in total. The lowest BCUT2D eigenvalue weighted by atomic mass is 10.1. The Labute approximate surface area is 123 Å². The number of phenolic OH excluding ortho intramolecular Hbond substituents is 1. The summed E-state index contributed by atoms with van der Waals surface area (Å²) in [6.45, 7) is 0. The van der Waals surface area contributed by atoms with Crippen molar-refractivity contribution in [1.82, 2.24) is 4.98 Å². The Bertz CT molecular complexity index is 986. The van der Waals surface area contributed by atoms with Gasteiger partial charge in [0.05, 0.1) is 16.1 Å². The summed E-state index contributed by atoms with van der Waals surface area (Å²) in [6, 6.07) is 10.3. The number of aromatic nitrogens is 1. The molecule has 0 radical (unpaired) electrons. The molecule has 1 aromatic heterocycles. The number of nitrogens with zero attached hydrogens (tertiary/aromatic N) is 1. The van der Waals surface area contributed by atoms with Gasteiger partial charge in [0.2, 0.25) is 0 Å². The molecule has 0 unspecified atom stereocenters. The number of hydrogen-bond acceptors (Lipinski definition) is 5. The fourth-order valence-electron chi connectivity index (χ4n) is 2.36. The lowest BCUT2D eigenvalue weighted by Crippen LogP contribution is -2.03. The molecule has 0 aliphatic carbocycles. The van der Waals surface area contributed by atoms with Crippen LogP contribution in [-0.2, 0) is 0 Å². The molecule has 3 heterocycles. The van der Waals surface area contributed by atoms with Gasteiger partial charge in [0.25, 0.3) is 0 Å². The van der Waals surface area contributed by atoms with Gasteiger partial charge >= 0.3 is 5.63 Å². The summed E-state index contributed by atoms with van der Waals surface area (Å²) in [5.74, 6) is 0.0667. The van der Waals surface area contributed by atoms with E-state index in [1.165, 1.54) is 6.07 Å². The van der Waals surface area contributed by atoms with E-state index in [-0.39, 0.29) is 5.75 Å². The van der Waals surface area contributed by atoms with Crippen LogP contribution in [0.25, 0.3) is 32.7 Å². The lowest BCUT2D eigenvalue weighted by Gasteiger charge is -2.03. The van der Waals surface area contributed by atoms with Crippen molar-refractivity contribution in [2.24, 2.45) is 0 Å². The van der Waals surface area contributed by atoms with E-state index >= 15 is 0 Å². The second-order valence-electron chi connectivity index (χ2n) is 4.67. The quantitative estimate of drug-likeness (QED) is 0.543. The maximum atomic E-state index is 12.2. The van der Waals surface area contributed by atoms with Crippen LogP contribution in [0.4, 0.5) is 0 Å². The molecule has 1 aromatic carbocycles. The van der Waals surface area contributed by atoms with E-state index in [0.29, 0.717) is 16.8 Å². The largest absolute Gasteiger partial charge is 0.508 e. The number of hydrogen-bond donors (Lipinski definition) is 1. The third kappa shape index (κ3) is 1.90. The zero-order chi connectivity index (χ0) is 14.4. The molecule has 0 amide bonds. The predicted octanol–water partition coefficient (Wildman–Crippen LogP) is 3.73. The topological polar surface area (TPSA) is 63.3 Å². The van der Waals surface area contributed by atoms with E-state index in [4.69, 9.17) is 4.42 Å². The molecule has 102 valence electrons. The maximum Gasteiger partial charge on any atom is 0.345 e. The molecular formula is C16H9NO3S. The second kappa shape index (κ2) is 4.43. The number of benzene rings is 1. The maximum absolute atomic E-state index is 12.2. The van der Waals surface area contributed by atoms with Crippen molar-refractivity contribution in [2.75, 3.05) is 0 Å². The first kappa shape index (κ1) is 12.1. The molecule has 0 bridgehead atoms. The molecule has 2 aliphatic rings. The summed E-state index contributed by atoms with van der Waals surface area (Å²) in [4.78, 5) is 17.6. The summed E-state index contributed by atoms with van der Waals surface area (Å²) in [5, 5.41) is 12.2. The highest BCUT2D eigenvalue weighted by Gasteiger charge is 2.17. The van der Waals surface area contributed by atoms with Gasteiger partial charge in [-0.15, -0.1) is 11.3 Å². The minimum atomic E-state index is -0.457. The van der Waals surface area contributed by atoms with Crippen LogP contribution in [0.3, 0.4) is 0 Å². The highest BCUT2D eigenvalue weighted by Crippen LogP contribution is 2.35. The van der Waals surface area contributed by atoms with Gasteiger partial charge in [0.1, 0.15) is 11.3 Å². The van der Waals surface area contributed by atoms with E-state index in [1.54, 1.807) is 35.7 Å². The van der Waals surface area contributed by atoms with E-state index in [9.17, 15) is 9.90 Å². The summed E-state index contributed by atoms with van der Waals surface area (Å²) < 4.78 is 5.29. The smallest absolute Gasteiger partial charge is 0.345 e. The first-order valence-corrected chi connectivity index (χ1v) is 7.20. The van der Waals surface area contributed by atoms with Gasteiger partial charge in [-0.1, -0.05) is 12.1 Å². The normalized spacial score (nSPS) is 11.2. The highest BCUT2D eigenvalue weighted by molar-refractivity contribution is 7.13. The summed E-state index contributed by atoms with van der Waals surface area (Å²) in [5.41, 5.74) is 1.91. The molecule has 0 fully saturated rings. The predicted molar refractivity (Wildman–Crippen MR) is 81.9 cm³/mol. The van der Waals surface area contributed by atoms with Gasteiger partial charge in [-0.3, -0.25) is 4.98 Å². The molecule has 5 heteroatoms. The van der Waals surface area contributed by atoms with E-state index in [2.05, 4.69) is 4.98 Å². The van der Waals surface area contributed by atoms with Gasteiger partial charge in [0, 0.05) is 23.2 Å². The van der Waals surface area contributed by atoms with Gasteiger partial charge in [-0.2, -0.15) is 0 Å². The molecule has 0 spiro atoms. The van der Waals surface area contributed by atoms with Crippen LogP contribution in [0.15, 0.2) is 57.2 Å². The Kier molecular flexibility index (Phi) is 2.55. The van der Waals surface area contributed by atoms with Gasteiger partial charge in [0.15, 0.2) is 0 Å². The molecular weight excluding hydrogens is 286 g/mol. The van der Waals surface area contributed by atoms with Crippen molar-refractivity contribution < 1.29 is 9.52 Å². The summed E-state index contributed by atoms with van der Waals surface area (Å²) in [7, 11) is 0. The SMILES string of the molecule is O=c1oc2cc(O)ccc2cc1-c1ncc2scccc1-2. The van der Waals surface area contributed by atoms with Crippen molar-refractivity contribution in [3.63, 3.8) is 0 Å². The zero-order valence-corrected chi connectivity index (χ0v) is 11.6. The fourth-order valence-corrected chi connectivity index (χ4v) is 3.07. The molecule has 0 saturated carbocycles. The number of rotatable bonds is 1. The zero-order valence-electron chi connectivity index (χ0n) is 10.7. The minimum Gasteiger partial charge on any atom is -0.508 e. The molecule has 0 atom stereocenters. The number of aromatic hydroxyl groups is 1. The van der Waals surface area contributed by atoms with Crippen molar-refractivity contribution in [1.29, 1.82) is 0 Å². The van der Waals surface area contributed by atoms with Crippen molar-refractivity contribution in [3.05, 3.63) is 58.4 Å². The third-order valence-electron chi connectivity index (χ3n) is 3.34. The van der Waals surface area contributed by atoms with Crippen molar-refractivity contribution in [2.45, 2.75) is 0 Å². The second-order valence-corrected chi connectivity index (χ2v) is 5.62. The first-order chi connectivity index (χ1) is 10.2. The summed E-state index contributed by atoms with van der Waals surface area (Å²) in [6.07, 6.45) is 1.76. The van der Waals surface area contributed by atoms with Crippen LogP contribution in [0.2, 0.25) is 0 Å². The van der Waals surface area contributed by atoms with Crippen molar-refractivity contribution >= 4 is 22.3 Å². The first-order valence-electron chi connectivity index (χ1n) is 6.32. The Morgan fingerprint density at radius 2 is 2.05 bits per heavy atom. The Morgan fingerprint density at radius 3 is 2.95 bits per heavy atom. The highest BCUT2D eigenvalue weighted by atomic mass is 32.1. The monoisotopic (exact) mass is 295 g/mol. The molecule has 21 heavy (non-hydrogen) atoms. The average molecular weight is 295 g/mol.